The van der Waals surface area contributed by atoms with Gasteiger partial charge in [-0.05, 0) is 116 Å². The maximum atomic E-state index is 12.9. The number of hydrogen-bond donors (Lipinski definition) is 0. The van der Waals surface area contributed by atoms with Gasteiger partial charge in [0, 0.05) is 11.8 Å². The molecule has 0 bridgehead atoms. The summed E-state index contributed by atoms with van der Waals surface area (Å²) >= 11 is 0. The van der Waals surface area contributed by atoms with Crippen molar-refractivity contribution in [2.45, 2.75) is 113 Å². The van der Waals surface area contributed by atoms with Gasteiger partial charge in [-0.25, -0.2) is 0 Å². The molecule has 0 N–H and O–H groups in total. The van der Waals surface area contributed by atoms with Crippen LogP contribution in [0.3, 0.4) is 0 Å². The normalized spacial score (nSPS) is 55.6. The molecule has 0 saturated heterocycles. The van der Waals surface area contributed by atoms with Crippen molar-refractivity contribution < 1.29 is 4.79 Å². The van der Waals surface area contributed by atoms with Gasteiger partial charge in [-0.1, -0.05) is 53.7 Å². The molecule has 5 saturated carbocycles. The Morgan fingerprint density at radius 2 is 1.32 bits per heavy atom. The SMILES string of the molecule is C=C(C)[C@@H]1CC[C@]2(C)[C@H]3CC[C@@H]4[C@@]5(C)CCC(=O)C(C)(C)[C@H]5CC[C@@]4(C)[C@]3(C)CC[C@@H]12. The molecule has 0 aromatic heterocycles. The lowest BCUT2D eigenvalue weighted by molar-refractivity contribution is -0.237. The van der Waals surface area contributed by atoms with Crippen LogP contribution in [-0.4, -0.2) is 5.78 Å². The molecule has 5 fully saturated rings. The van der Waals surface area contributed by atoms with E-state index in [-0.39, 0.29) is 5.41 Å². The Bertz CT molecular complexity index is 807. The van der Waals surface area contributed by atoms with Gasteiger partial charge < -0.3 is 0 Å². The van der Waals surface area contributed by atoms with Gasteiger partial charge in [-0.3, -0.25) is 4.79 Å². The minimum Gasteiger partial charge on any atom is -0.299 e. The summed E-state index contributed by atoms with van der Waals surface area (Å²) < 4.78 is 0. The van der Waals surface area contributed by atoms with Crippen LogP contribution in [0.15, 0.2) is 12.2 Å². The van der Waals surface area contributed by atoms with Crippen LogP contribution >= 0.6 is 0 Å². The maximum Gasteiger partial charge on any atom is 0.138 e. The van der Waals surface area contributed by atoms with Crippen molar-refractivity contribution >= 4 is 5.78 Å². The molecule has 0 heterocycles. The summed E-state index contributed by atoms with van der Waals surface area (Å²) in [4.78, 5) is 12.9. The summed E-state index contributed by atoms with van der Waals surface area (Å²) in [6.45, 7) is 22.0. The zero-order chi connectivity index (χ0) is 22.6. The van der Waals surface area contributed by atoms with Crippen LogP contribution in [-0.2, 0) is 4.79 Å². The number of hydrogen-bond acceptors (Lipinski definition) is 1. The first kappa shape index (κ1) is 22.2. The van der Waals surface area contributed by atoms with E-state index in [0.717, 1.165) is 36.5 Å². The molecule has 0 aromatic rings. The van der Waals surface area contributed by atoms with E-state index in [1.165, 1.54) is 56.9 Å². The maximum absolute atomic E-state index is 12.9. The fourth-order valence-electron chi connectivity index (χ4n) is 11.6. The van der Waals surface area contributed by atoms with E-state index >= 15 is 0 Å². The first-order valence-corrected chi connectivity index (χ1v) is 13.5. The van der Waals surface area contributed by atoms with Gasteiger partial charge >= 0.3 is 0 Å². The van der Waals surface area contributed by atoms with Crippen molar-refractivity contribution in [1.82, 2.24) is 0 Å². The molecule has 31 heavy (non-hydrogen) atoms. The molecule has 5 aliphatic rings. The van der Waals surface area contributed by atoms with Crippen molar-refractivity contribution in [3.05, 3.63) is 12.2 Å². The highest BCUT2D eigenvalue weighted by Crippen LogP contribution is 2.77. The van der Waals surface area contributed by atoms with Gasteiger partial charge in [-0.2, -0.15) is 0 Å². The number of rotatable bonds is 1. The number of ketones is 1. The Balaban J connectivity index is 1.53. The molecular formula is C30H48O. The van der Waals surface area contributed by atoms with Crippen LogP contribution in [0.1, 0.15) is 113 Å². The highest BCUT2D eigenvalue weighted by atomic mass is 16.1. The summed E-state index contributed by atoms with van der Waals surface area (Å²) in [5.41, 5.74) is 3.03. The predicted molar refractivity (Wildman–Crippen MR) is 130 cm³/mol. The van der Waals surface area contributed by atoms with Gasteiger partial charge in [-0.15, -0.1) is 0 Å². The predicted octanol–water partition coefficient (Wildman–Crippen LogP) is 8.23. The van der Waals surface area contributed by atoms with Crippen LogP contribution in [0.25, 0.3) is 0 Å². The lowest BCUT2D eigenvalue weighted by Gasteiger charge is -2.72. The average Bonchev–Trinajstić information content (AvgIpc) is 3.03. The Morgan fingerprint density at radius 1 is 0.742 bits per heavy atom. The van der Waals surface area contributed by atoms with Gasteiger partial charge in [0.2, 0.25) is 0 Å². The Hall–Kier alpha value is -0.590. The smallest absolute Gasteiger partial charge is 0.138 e. The Labute approximate surface area is 192 Å². The zero-order valence-corrected chi connectivity index (χ0v) is 21.6. The van der Waals surface area contributed by atoms with Crippen LogP contribution in [0.5, 0.6) is 0 Å². The topological polar surface area (TPSA) is 17.1 Å². The summed E-state index contributed by atoms with van der Waals surface area (Å²) in [5.74, 6) is 4.38. The Kier molecular flexibility index (Phi) is 4.66. The summed E-state index contributed by atoms with van der Waals surface area (Å²) in [6.07, 6.45) is 13.0. The van der Waals surface area contributed by atoms with E-state index in [1.54, 1.807) is 0 Å². The largest absolute Gasteiger partial charge is 0.299 e. The van der Waals surface area contributed by atoms with Crippen molar-refractivity contribution in [3.63, 3.8) is 0 Å². The van der Waals surface area contributed by atoms with Crippen LogP contribution in [0.4, 0.5) is 0 Å². The minimum absolute atomic E-state index is 0.129. The van der Waals surface area contributed by atoms with Gasteiger partial charge in [0.15, 0.2) is 0 Å². The molecule has 1 nitrogen and oxygen atoms in total. The highest BCUT2D eigenvalue weighted by molar-refractivity contribution is 5.85. The van der Waals surface area contributed by atoms with E-state index in [4.69, 9.17) is 0 Å². The molecule has 0 aromatic carbocycles. The molecule has 0 spiro atoms. The second-order valence-electron chi connectivity index (χ2n) is 14.4. The van der Waals surface area contributed by atoms with Crippen molar-refractivity contribution in [2.75, 3.05) is 0 Å². The summed E-state index contributed by atoms with van der Waals surface area (Å²) in [5, 5.41) is 0. The third-order valence-electron chi connectivity index (χ3n) is 13.3. The molecule has 5 aliphatic carbocycles. The lowest BCUT2D eigenvalue weighted by Crippen LogP contribution is -2.66. The third kappa shape index (κ3) is 2.53. The fraction of sp³-hybridized carbons (Fsp3) is 0.900. The zero-order valence-electron chi connectivity index (χ0n) is 21.6. The first-order valence-electron chi connectivity index (χ1n) is 13.5. The van der Waals surface area contributed by atoms with E-state index < -0.39 is 0 Å². The number of Topliss-reactive ketones (excluding diaryl/α,β-unsaturated/α-hetero) is 1. The first-order chi connectivity index (χ1) is 14.3. The van der Waals surface area contributed by atoms with Gasteiger partial charge in [0.1, 0.15) is 5.78 Å². The van der Waals surface area contributed by atoms with E-state index in [2.05, 4.69) is 55.0 Å². The van der Waals surface area contributed by atoms with Crippen LogP contribution in [0, 0.1) is 56.7 Å². The monoisotopic (exact) mass is 424 g/mol. The second kappa shape index (κ2) is 6.50. The number of carbonyl (C=O) groups excluding carboxylic acids is 1. The van der Waals surface area contributed by atoms with Crippen LogP contribution in [0.2, 0.25) is 0 Å². The molecular weight excluding hydrogens is 376 g/mol. The highest BCUT2D eigenvalue weighted by Gasteiger charge is 2.70. The molecule has 0 unspecified atom stereocenters. The number of fused-ring (bicyclic) bond motifs is 7. The van der Waals surface area contributed by atoms with Crippen molar-refractivity contribution in [1.29, 1.82) is 0 Å². The molecule has 174 valence electrons. The third-order valence-corrected chi connectivity index (χ3v) is 13.3. The number of allylic oxidation sites excluding steroid dienone is 1. The lowest BCUT2D eigenvalue weighted by atomic mass is 9.32. The standard InChI is InChI=1S/C30H48O/c1-19(2)20-11-15-27(5)21(20)12-17-29(7)23(27)9-10-24-28(6)16-14-25(31)26(3,4)22(28)13-18-30(24,29)8/h20-24H,1,9-18H2,2-8H3/t20-,21-,22+,23+,24+,27-,28-,29+,30+/m0/s1. The van der Waals surface area contributed by atoms with Gasteiger partial charge in [0.25, 0.3) is 0 Å². The average molecular weight is 425 g/mol. The molecule has 0 radical (unpaired) electrons. The van der Waals surface area contributed by atoms with E-state index in [9.17, 15) is 4.79 Å². The van der Waals surface area contributed by atoms with E-state index in [0.29, 0.717) is 33.4 Å². The number of carbonyl (C=O) groups is 1. The van der Waals surface area contributed by atoms with E-state index in [1.807, 2.05) is 0 Å². The van der Waals surface area contributed by atoms with Crippen molar-refractivity contribution in [3.8, 4) is 0 Å². The van der Waals surface area contributed by atoms with Gasteiger partial charge in [0.05, 0.1) is 0 Å². The molecule has 9 atom stereocenters. The van der Waals surface area contributed by atoms with Crippen molar-refractivity contribution in [2.24, 2.45) is 56.7 Å². The summed E-state index contributed by atoms with van der Waals surface area (Å²) in [7, 11) is 0. The molecule has 0 aliphatic heterocycles. The molecule has 0 amide bonds. The van der Waals surface area contributed by atoms with Crippen LogP contribution < -0.4 is 0 Å². The second-order valence-corrected chi connectivity index (χ2v) is 14.4. The molecule has 1 heteroatoms. The summed E-state index contributed by atoms with van der Waals surface area (Å²) in [6, 6.07) is 0. The fourth-order valence-corrected chi connectivity index (χ4v) is 11.6. The molecule has 5 rings (SSSR count). The minimum atomic E-state index is -0.129. The Morgan fingerprint density at radius 3 is 1.94 bits per heavy atom. The quantitative estimate of drug-likeness (QED) is 0.387.